The first-order valence-electron chi connectivity index (χ1n) is 10.9. The van der Waals surface area contributed by atoms with Crippen LogP contribution in [0, 0.1) is 5.41 Å². The predicted octanol–water partition coefficient (Wildman–Crippen LogP) is 5.62. The van der Waals surface area contributed by atoms with Gasteiger partial charge in [0.25, 0.3) is 5.91 Å². The molecule has 1 amide bonds. The van der Waals surface area contributed by atoms with Crippen molar-refractivity contribution in [2.24, 2.45) is 10.1 Å². The van der Waals surface area contributed by atoms with Crippen molar-refractivity contribution in [2.45, 2.75) is 45.4 Å². The van der Waals surface area contributed by atoms with Gasteiger partial charge in [-0.1, -0.05) is 44.7 Å². The summed E-state index contributed by atoms with van der Waals surface area (Å²) in [4.78, 5) is 27.7. The number of carbonyl (C=O) groups excluding carboxylic acids is 1. The third-order valence-corrected chi connectivity index (χ3v) is 6.29. The average Bonchev–Trinajstić information content (AvgIpc) is 3.44. The number of hydrogen-bond acceptors (Lipinski definition) is 6. The van der Waals surface area contributed by atoms with Gasteiger partial charge in [0, 0.05) is 5.56 Å². The van der Waals surface area contributed by atoms with Gasteiger partial charge in [0.15, 0.2) is 5.84 Å². The number of amides is 1. The number of carbonyl (C=O) groups is 2. The lowest BCUT2D eigenvalue weighted by atomic mass is 10.1. The summed E-state index contributed by atoms with van der Waals surface area (Å²) in [5.41, 5.74) is 1.00. The summed E-state index contributed by atoms with van der Waals surface area (Å²) in [6, 6.07) is 9.73. The molecule has 4 rings (SSSR count). The van der Waals surface area contributed by atoms with Gasteiger partial charge in [-0.25, -0.2) is 4.79 Å². The van der Waals surface area contributed by atoms with E-state index in [1.807, 2.05) is 0 Å². The second-order valence-electron chi connectivity index (χ2n) is 7.76. The molecule has 3 heterocycles. The van der Waals surface area contributed by atoms with Crippen LogP contribution in [-0.4, -0.2) is 38.0 Å². The van der Waals surface area contributed by atoms with Gasteiger partial charge in [-0.05, 0) is 54.9 Å². The number of aliphatic imine (C=N–C) groups is 1. The van der Waals surface area contributed by atoms with Crippen LogP contribution in [0.1, 0.15) is 61.6 Å². The summed E-state index contributed by atoms with van der Waals surface area (Å²) in [5.74, 6) is -0.601. The lowest BCUT2D eigenvalue weighted by molar-refractivity contribution is -0.114. The largest absolute Gasteiger partial charge is 0.478 e. The van der Waals surface area contributed by atoms with E-state index >= 15 is 0 Å². The Morgan fingerprint density at radius 2 is 1.91 bits per heavy atom. The molecule has 33 heavy (non-hydrogen) atoms. The Hall–Kier alpha value is -3.46. The molecule has 0 bridgehead atoms. The first kappa shape index (κ1) is 22.7. The summed E-state index contributed by atoms with van der Waals surface area (Å²) in [5, 5.41) is 24.7. The molecule has 2 aromatic rings. The summed E-state index contributed by atoms with van der Waals surface area (Å²) in [6.07, 6.45) is 8.10. The first-order valence-corrected chi connectivity index (χ1v) is 11.7. The average molecular weight is 465 g/mol. The second-order valence-corrected chi connectivity index (χ2v) is 8.80. The molecule has 2 aliphatic heterocycles. The maximum absolute atomic E-state index is 12.6. The Morgan fingerprint density at radius 3 is 2.64 bits per heavy atom. The van der Waals surface area contributed by atoms with Crippen molar-refractivity contribution in [2.75, 3.05) is 0 Å². The quantitative estimate of drug-likeness (QED) is 0.367. The summed E-state index contributed by atoms with van der Waals surface area (Å²) in [6.45, 7) is 2.18. The SMILES string of the molecule is CCCCCCCC1=NN2C(=N)/C(=C/c3ccc(-c4ccc(C(=O)O)cc4)o3)C(=O)N=C2S1. The van der Waals surface area contributed by atoms with Crippen LogP contribution in [0.5, 0.6) is 0 Å². The van der Waals surface area contributed by atoms with Crippen LogP contribution in [0.15, 0.2) is 56.5 Å². The van der Waals surface area contributed by atoms with Crippen LogP contribution < -0.4 is 0 Å². The van der Waals surface area contributed by atoms with E-state index in [1.165, 1.54) is 54.2 Å². The van der Waals surface area contributed by atoms with Crippen molar-refractivity contribution in [3.8, 4) is 11.3 Å². The second kappa shape index (κ2) is 9.99. The number of carboxylic acids is 1. The van der Waals surface area contributed by atoms with Crippen LogP contribution in [0.4, 0.5) is 0 Å². The van der Waals surface area contributed by atoms with Gasteiger partial charge in [-0.15, -0.1) is 0 Å². The topological polar surface area (TPSA) is 119 Å². The van der Waals surface area contributed by atoms with Crippen molar-refractivity contribution in [1.29, 1.82) is 5.41 Å². The number of furan rings is 1. The van der Waals surface area contributed by atoms with Gasteiger partial charge in [0.05, 0.1) is 11.1 Å². The number of unbranched alkanes of at least 4 members (excludes halogenated alkanes) is 4. The fourth-order valence-electron chi connectivity index (χ4n) is 3.52. The van der Waals surface area contributed by atoms with Gasteiger partial charge in [-0.2, -0.15) is 15.1 Å². The van der Waals surface area contributed by atoms with E-state index in [9.17, 15) is 9.59 Å². The lowest BCUT2D eigenvalue weighted by Crippen LogP contribution is -2.35. The monoisotopic (exact) mass is 464 g/mol. The zero-order valence-electron chi connectivity index (χ0n) is 18.2. The van der Waals surface area contributed by atoms with Gasteiger partial charge in [-0.3, -0.25) is 10.2 Å². The number of hydrazone groups is 1. The molecular formula is C24H24N4O4S. The summed E-state index contributed by atoms with van der Waals surface area (Å²) < 4.78 is 5.81. The number of fused-ring (bicyclic) bond motifs is 1. The molecule has 0 atom stereocenters. The number of amidine groups is 2. The normalized spacial score (nSPS) is 16.8. The van der Waals surface area contributed by atoms with Gasteiger partial charge >= 0.3 is 5.97 Å². The molecule has 0 saturated heterocycles. The molecule has 0 radical (unpaired) electrons. The van der Waals surface area contributed by atoms with Crippen LogP contribution in [0.3, 0.4) is 0 Å². The molecule has 1 aromatic heterocycles. The number of aromatic carboxylic acids is 1. The van der Waals surface area contributed by atoms with Crippen LogP contribution in [0.25, 0.3) is 17.4 Å². The molecule has 1 aromatic carbocycles. The standard InChI is InChI=1S/C24H24N4O4S/c1-2-3-4-5-6-7-20-27-28-21(25)18(22(29)26-24(28)33-20)14-17-12-13-19(32-17)15-8-10-16(11-9-15)23(30)31/h8-14,25H,2-7H2,1H3,(H,30,31)/b18-14-,25-21?. The summed E-state index contributed by atoms with van der Waals surface area (Å²) in [7, 11) is 0. The molecule has 0 spiro atoms. The number of benzene rings is 1. The number of nitrogens with one attached hydrogen (secondary N) is 1. The van der Waals surface area contributed by atoms with E-state index in [1.54, 1.807) is 24.3 Å². The smallest absolute Gasteiger partial charge is 0.335 e. The molecule has 2 N–H and O–H groups in total. The highest BCUT2D eigenvalue weighted by Gasteiger charge is 2.35. The number of rotatable bonds is 9. The van der Waals surface area contributed by atoms with Gasteiger partial charge < -0.3 is 9.52 Å². The van der Waals surface area contributed by atoms with Gasteiger partial charge in [0.1, 0.15) is 16.6 Å². The lowest BCUT2D eigenvalue weighted by Gasteiger charge is -2.19. The minimum absolute atomic E-state index is 0.0257. The Bertz CT molecular complexity index is 1180. The summed E-state index contributed by atoms with van der Waals surface area (Å²) >= 11 is 1.35. The van der Waals surface area contributed by atoms with E-state index in [0.29, 0.717) is 22.3 Å². The highest BCUT2D eigenvalue weighted by Crippen LogP contribution is 2.31. The molecule has 9 heteroatoms. The zero-order valence-corrected chi connectivity index (χ0v) is 19.0. The molecule has 0 saturated carbocycles. The molecular weight excluding hydrogens is 440 g/mol. The molecule has 8 nitrogen and oxygen atoms in total. The maximum Gasteiger partial charge on any atom is 0.335 e. The van der Waals surface area contributed by atoms with E-state index < -0.39 is 11.9 Å². The predicted molar refractivity (Wildman–Crippen MR) is 129 cm³/mol. The van der Waals surface area contributed by atoms with Crippen molar-refractivity contribution in [3.05, 3.63) is 53.3 Å². The Morgan fingerprint density at radius 1 is 1.15 bits per heavy atom. The van der Waals surface area contributed by atoms with Crippen molar-refractivity contribution >= 4 is 45.8 Å². The maximum atomic E-state index is 12.6. The number of hydrogen-bond donors (Lipinski definition) is 2. The van der Waals surface area contributed by atoms with Crippen LogP contribution in [-0.2, 0) is 4.79 Å². The highest BCUT2D eigenvalue weighted by atomic mass is 32.2. The zero-order chi connectivity index (χ0) is 23.4. The fourth-order valence-corrected chi connectivity index (χ4v) is 4.44. The van der Waals surface area contributed by atoms with Crippen molar-refractivity contribution in [1.82, 2.24) is 5.01 Å². The third kappa shape index (κ3) is 5.14. The third-order valence-electron chi connectivity index (χ3n) is 5.32. The van der Waals surface area contributed by atoms with Crippen LogP contribution in [0.2, 0.25) is 0 Å². The Labute approximate surface area is 195 Å². The fraction of sp³-hybridized carbons (Fsp3) is 0.292. The molecule has 2 aliphatic rings. The highest BCUT2D eigenvalue weighted by molar-refractivity contribution is 8.26. The van der Waals surface area contributed by atoms with Gasteiger partial charge in [0.2, 0.25) is 5.17 Å². The van der Waals surface area contributed by atoms with E-state index in [4.69, 9.17) is 14.9 Å². The minimum atomic E-state index is -0.997. The Kier molecular flexibility index (Phi) is 6.88. The molecule has 0 fully saturated rings. The number of nitrogens with zero attached hydrogens (tertiary/aromatic N) is 3. The molecule has 170 valence electrons. The van der Waals surface area contributed by atoms with Crippen molar-refractivity contribution in [3.63, 3.8) is 0 Å². The van der Waals surface area contributed by atoms with Crippen LogP contribution >= 0.6 is 11.8 Å². The van der Waals surface area contributed by atoms with E-state index in [-0.39, 0.29) is 17.0 Å². The Balaban J connectivity index is 1.47. The first-order chi connectivity index (χ1) is 16.0. The number of thioether (sulfide) groups is 1. The van der Waals surface area contributed by atoms with Crippen molar-refractivity contribution < 1.29 is 19.1 Å². The number of carboxylic acid groups (broad SMARTS) is 1. The van der Waals surface area contributed by atoms with E-state index in [0.717, 1.165) is 24.3 Å². The molecule has 0 aliphatic carbocycles. The minimum Gasteiger partial charge on any atom is -0.478 e. The van der Waals surface area contributed by atoms with E-state index in [2.05, 4.69) is 17.0 Å². The molecule has 0 unspecified atom stereocenters.